The number of carbonyl (C=O) groups is 2. The van der Waals surface area contributed by atoms with E-state index in [1.165, 1.54) is 4.90 Å². The number of piperazine rings is 1. The number of amides is 3. The van der Waals surface area contributed by atoms with Crippen molar-refractivity contribution in [3.05, 3.63) is 30.3 Å². The van der Waals surface area contributed by atoms with Crippen molar-refractivity contribution in [2.75, 3.05) is 24.5 Å². The van der Waals surface area contributed by atoms with E-state index in [0.717, 1.165) is 0 Å². The number of fused-ring (bicyclic) bond motifs is 1. The molecule has 3 rings (SSSR count). The number of carbonyl (C=O) groups excluding carboxylic acids is 2. The number of nitriles is 1. The van der Waals surface area contributed by atoms with Crippen molar-refractivity contribution < 1.29 is 9.59 Å². The topological polar surface area (TPSA) is 67.7 Å². The Bertz CT molecular complexity index is 610. The van der Waals surface area contributed by atoms with Gasteiger partial charge in [0.25, 0.3) is 5.91 Å². The largest absolute Gasteiger partial charge is 0.332 e. The summed E-state index contributed by atoms with van der Waals surface area (Å²) >= 11 is 0. The number of hydrogen-bond acceptors (Lipinski definition) is 4. The van der Waals surface area contributed by atoms with Gasteiger partial charge in [-0.2, -0.15) is 5.26 Å². The summed E-state index contributed by atoms with van der Waals surface area (Å²) < 4.78 is 0. The maximum absolute atomic E-state index is 12.6. The monoisotopic (exact) mass is 284 g/mol. The van der Waals surface area contributed by atoms with Crippen LogP contribution < -0.4 is 4.90 Å². The molecule has 0 aliphatic carbocycles. The molecule has 0 aromatic heterocycles. The molecule has 21 heavy (non-hydrogen) atoms. The third-order valence-corrected chi connectivity index (χ3v) is 4.10. The van der Waals surface area contributed by atoms with E-state index in [4.69, 9.17) is 5.26 Å². The molecule has 2 aliphatic rings. The molecule has 0 bridgehead atoms. The lowest BCUT2D eigenvalue weighted by atomic mass is 10.1. The van der Waals surface area contributed by atoms with Gasteiger partial charge in [-0.05, 0) is 19.1 Å². The smallest absolute Gasteiger partial charge is 0.309 e. The SMILES string of the molecule is C[C@@H](C#N)N1CCN2C(=O)N(c3ccccc3)C(=O)[C@H]2C1. The fourth-order valence-corrected chi connectivity index (χ4v) is 2.86. The van der Waals surface area contributed by atoms with Crippen LogP contribution in [0.1, 0.15) is 6.92 Å². The number of anilines is 1. The zero-order chi connectivity index (χ0) is 15.0. The number of para-hydroxylation sites is 1. The summed E-state index contributed by atoms with van der Waals surface area (Å²) in [6.45, 7) is 3.33. The molecular formula is C15H16N4O2. The molecule has 2 atom stereocenters. The molecule has 0 unspecified atom stereocenters. The van der Waals surface area contributed by atoms with E-state index in [2.05, 4.69) is 6.07 Å². The quantitative estimate of drug-likeness (QED) is 0.761. The highest BCUT2D eigenvalue weighted by atomic mass is 16.2. The number of benzene rings is 1. The second-order valence-corrected chi connectivity index (χ2v) is 5.30. The Hall–Kier alpha value is -2.39. The standard InChI is InChI=1S/C15H16N4O2/c1-11(9-16)17-7-8-18-13(10-17)14(20)19(15(18)21)12-5-3-2-4-6-12/h2-6,11,13H,7-8,10H2,1H3/t11-,13+/m0/s1. The second-order valence-electron chi connectivity index (χ2n) is 5.30. The highest BCUT2D eigenvalue weighted by Crippen LogP contribution is 2.27. The van der Waals surface area contributed by atoms with Crippen LogP contribution in [-0.4, -0.2) is 53.5 Å². The fraction of sp³-hybridized carbons (Fsp3) is 0.400. The third-order valence-electron chi connectivity index (χ3n) is 4.10. The van der Waals surface area contributed by atoms with Crippen molar-refractivity contribution in [3.63, 3.8) is 0 Å². The second kappa shape index (κ2) is 5.19. The molecule has 0 spiro atoms. The molecule has 3 amide bonds. The van der Waals surface area contributed by atoms with Crippen molar-refractivity contribution in [1.29, 1.82) is 5.26 Å². The summed E-state index contributed by atoms with van der Waals surface area (Å²) in [5, 5.41) is 9.01. The lowest BCUT2D eigenvalue weighted by Crippen LogP contribution is -2.55. The Labute approximate surface area is 123 Å². The van der Waals surface area contributed by atoms with Crippen LogP contribution in [0.5, 0.6) is 0 Å². The first-order valence-corrected chi connectivity index (χ1v) is 6.96. The van der Waals surface area contributed by atoms with Crippen LogP contribution in [0.4, 0.5) is 10.5 Å². The zero-order valence-electron chi connectivity index (χ0n) is 11.8. The number of nitrogens with zero attached hydrogens (tertiary/aromatic N) is 4. The Morgan fingerprint density at radius 1 is 1.24 bits per heavy atom. The van der Waals surface area contributed by atoms with Crippen LogP contribution in [0.15, 0.2) is 30.3 Å². The minimum absolute atomic E-state index is 0.207. The molecule has 0 N–H and O–H groups in total. The lowest BCUT2D eigenvalue weighted by Gasteiger charge is -2.36. The maximum atomic E-state index is 12.6. The van der Waals surface area contributed by atoms with Gasteiger partial charge in [-0.3, -0.25) is 9.69 Å². The zero-order valence-corrected chi connectivity index (χ0v) is 11.8. The summed E-state index contributed by atoms with van der Waals surface area (Å²) in [5.74, 6) is -0.207. The molecule has 2 saturated heterocycles. The number of rotatable bonds is 2. The van der Waals surface area contributed by atoms with Crippen LogP contribution in [0.3, 0.4) is 0 Å². The average Bonchev–Trinajstić information content (AvgIpc) is 2.78. The third kappa shape index (κ3) is 2.16. The molecule has 6 nitrogen and oxygen atoms in total. The summed E-state index contributed by atoms with van der Waals surface area (Å²) in [5.41, 5.74) is 0.599. The fourth-order valence-electron chi connectivity index (χ4n) is 2.86. The van der Waals surface area contributed by atoms with Gasteiger partial charge < -0.3 is 4.90 Å². The van der Waals surface area contributed by atoms with Crippen molar-refractivity contribution in [3.8, 4) is 6.07 Å². The Morgan fingerprint density at radius 2 is 1.95 bits per heavy atom. The van der Waals surface area contributed by atoms with Gasteiger partial charge >= 0.3 is 6.03 Å². The lowest BCUT2D eigenvalue weighted by molar-refractivity contribution is -0.121. The molecule has 2 fully saturated rings. The van der Waals surface area contributed by atoms with Gasteiger partial charge in [0, 0.05) is 19.6 Å². The van der Waals surface area contributed by atoms with Crippen LogP contribution in [0.25, 0.3) is 0 Å². The molecule has 0 saturated carbocycles. The van der Waals surface area contributed by atoms with E-state index in [0.29, 0.717) is 25.3 Å². The molecule has 108 valence electrons. The summed E-state index contributed by atoms with van der Waals surface area (Å²) in [7, 11) is 0. The van der Waals surface area contributed by atoms with Gasteiger partial charge in [0.05, 0.1) is 17.8 Å². The van der Waals surface area contributed by atoms with E-state index in [1.807, 2.05) is 17.9 Å². The summed E-state index contributed by atoms with van der Waals surface area (Å²) in [6, 6.07) is 10.1. The predicted octanol–water partition coefficient (Wildman–Crippen LogP) is 1.05. The first kappa shape index (κ1) is 13.6. The van der Waals surface area contributed by atoms with Gasteiger partial charge in [-0.1, -0.05) is 18.2 Å². The van der Waals surface area contributed by atoms with Crippen LogP contribution in [-0.2, 0) is 4.79 Å². The van der Waals surface area contributed by atoms with Crippen molar-refractivity contribution in [1.82, 2.24) is 9.80 Å². The van der Waals surface area contributed by atoms with Crippen LogP contribution >= 0.6 is 0 Å². The predicted molar refractivity (Wildman–Crippen MR) is 76.5 cm³/mol. The summed E-state index contributed by atoms with van der Waals surface area (Å²) in [4.78, 5) is 29.8. The first-order chi connectivity index (χ1) is 10.1. The number of imide groups is 1. The highest BCUT2D eigenvalue weighted by molar-refractivity contribution is 6.21. The molecule has 2 aliphatic heterocycles. The minimum Gasteiger partial charge on any atom is -0.309 e. The normalized spacial score (nSPS) is 23.9. The minimum atomic E-state index is -0.484. The first-order valence-electron chi connectivity index (χ1n) is 6.96. The molecule has 0 radical (unpaired) electrons. The van der Waals surface area contributed by atoms with Crippen LogP contribution in [0, 0.1) is 11.3 Å². The molecule has 1 aromatic carbocycles. The van der Waals surface area contributed by atoms with Crippen LogP contribution in [0.2, 0.25) is 0 Å². The summed E-state index contributed by atoms with van der Waals surface area (Å²) in [6.07, 6.45) is 0. The van der Waals surface area contributed by atoms with Crippen molar-refractivity contribution >= 4 is 17.6 Å². The number of hydrogen-bond donors (Lipinski definition) is 0. The average molecular weight is 284 g/mol. The van der Waals surface area contributed by atoms with E-state index in [1.54, 1.807) is 29.2 Å². The van der Waals surface area contributed by atoms with E-state index in [9.17, 15) is 9.59 Å². The number of urea groups is 1. The molecule has 2 heterocycles. The van der Waals surface area contributed by atoms with Gasteiger partial charge in [0.15, 0.2) is 0 Å². The molecule has 6 heteroatoms. The molecule has 1 aromatic rings. The van der Waals surface area contributed by atoms with Gasteiger partial charge in [-0.15, -0.1) is 0 Å². The van der Waals surface area contributed by atoms with Gasteiger partial charge in [0.2, 0.25) is 0 Å². The van der Waals surface area contributed by atoms with E-state index in [-0.39, 0.29) is 18.0 Å². The van der Waals surface area contributed by atoms with E-state index < -0.39 is 6.04 Å². The highest BCUT2D eigenvalue weighted by Gasteiger charge is 2.48. The van der Waals surface area contributed by atoms with Gasteiger partial charge in [-0.25, -0.2) is 9.69 Å². The Kier molecular flexibility index (Phi) is 3.35. The van der Waals surface area contributed by atoms with Crippen molar-refractivity contribution in [2.45, 2.75) is 19.0 Å². The molecular weight excluding hydrogens is 268 g/mol. The Balaban J connectivity index is 1.86. The maximum Gasteiger partial charge on any atom is 0.332 e. The van der Waals surface area contributed by atoms with Gasteiger partial charge in [0.1, 0.15) is 6.04 Å². The van der Waals surface area contributed by atoms with E-state index >= 15 is 0 Å². The Morgan fingerprint density at radius 3 is 2.62 bits per heavy atom. The van der Waals surface area contributed by atoms with Crippen molar-refractivity contribution in [2.24, 2.45) is 0 Å².